The maximum absolute atomic E-state index is 4.81. The van der Waals surface area contributed by atoms with Crippen LogP contribution in [-0.2, 0) is 6.42 Å². The van der Waals surface area contributed by atoms with Crippen LogP contribution >= 0.6 is 36.2 Å². The van der Waals surface area contributed by atoms with E-state index in [0.29, 0.717) is 4.32 Å². The Kier molecular flexibility index (Phi) is 3.56. The first-order chi connectivity index (χ1) is 7.25. The molecular formula is C10H10N2S3. The van der Waals surface area contributed by atoms with E-state index < -0.39 is 0 Å². The molecular weight excluding hydrogens is 244 g/mol. The lowest BCUT2D eigenvalue weighted by Crippen LogP contribution is -2.19. The largest absolute Gasteiger partial charge is 0.371 e. The van der Waals surface area contributed by atoms with Gasteiger partial charge in [0.15, 0.2) is 0 Å². The number of fused-ring (bicyclic) bond motifs is 1. The molecule has 0 aliphatic carbocycles. The van der Waals surface area contributed by atoms with E-state index in [4.69, 9.17) is 12.2 Å². The number of hydrogen-bond acceptors (Lipinski definition) is 3. The zero-order valence-corrected chi connectivity index (χ0v) is 10.5. The molecule has 0 saturated heterocycles. The van der Waals surface area contributed by atoms with Gasteiger partial charge < -0.3 is 5.32 Å². The molecule has 1 heterocycles. The Labute approximate surface area is 103 Å². The van der Waals surface area contributed by atoms with E-state index in [9.17, 15) is 0 Å². The minimum Gasteiger partial charge on any atom is -0.371 e. The van der Waals surface area contributed by atoms with Crippen molar-refractivity contribution in [2.45, 2.75) is 6.42 Å². The van der Waals surface area contributed by atoms with Crippen molar-refractivity contribution < 1.29 is 0 Å². The van der Waals surface area contributed by atoms with Gasteiger partial charge in [0.25, 0.3) is 0 Å². The molecule has 0 unspecified atom stereocenters. The van der Waals surface area contributed by atoms with Gasteiger partial charge in [0, 0.05) is 13.0 Å². The van der Waals surface area contributed by atoms with Gasteiger partial charge in [-0.15, -0.1) is 24.0 Å². The highest BCUT2D eigenvalue weighted by Crippen LogP contribution is 2.21. The quantitative estimate of drug-likeness (QED) is 0.651. The van der Waals surface area contributed by atoms with Gasteiger partial charge in [-0.3, -0.25) is 0 Å². The van der Waals surface area contributed by atoms with Crippen molar-refractivity contribution in [1.82, 2.24) is 10.3 Å². The summed E-state index contributed by atoms with van der Waals surface area (Å²) in [4.78, 5) is 4.52. The van der Waals surface area contributed by atoms with E-state index in [0.717, 1.165) is 23.5 Å². The number of benzene rings is 1. The summed E-state index contributed by atoms with van der Waals surface area (Å²) in [6.45, 7) is 0.794. The SMILES string of the molecule is S=C(S)NCCc1nc2ccccc2s1. The summed E-state index contributed by atoms with van der Waals surface area (Å²) in [5, 5.41) is 4.13. The molecule has 1 aromatic carbocycles. The van der Waals surface area contributed by atoms with Crippen LogP contribution in [0, 0.1) is 0 Å². The van der Waals surface area contributed by atoms with Crippen LogP contribution in [0.1, 0.15) is 5.01 Å². The third-order valence-electron chi connectivity index (χ3n) is 1.95. The average molecular weight is 254 g/mol. The Morgan fingerprint density at radius 3 is 3.00 bits per heavy atom. The summed E-state index contributed by atoms with van der Waals surface area (Å²) in [5.41, 5.74) is 1.07. The molecule has 78 valence electrons. The van der Waals surface area contributed by atoms with Crippen molar-refractivity contribution in [2.75, 3.05) is 6.54 Å². The summed E-state index contributed by atoms with van der Waals surface area (Å²) >= 11 is 10.5. The minimum atomic E-state index is 0.538. The van der Waals surface area contributed by atoms with E-state index >= 15 is 0 Å². The second kappa shape index (κ2) is 4.92. The molecule has 0 fully saturated rings. The van der Waals surface area contributed by atoms with Gasteiger partial charge in [-0.05, 0) is 12.1 Å². The average Bonchev–Trinajstić information content (AvgIpc) is 2.59. The summed E-state index contributed by atoms with van der Waals surface area (Å²) in [7, 11) is 0. The molecule has 0 aliphatic heterocycles. The summed E-state index contributed by atoms with van der Waals surface area (Å²) in [6.07, 6.45) is 0.889. The number of aromatic nitrogens is 1. The number of thiocarbonyl (C=S) groups is 1. The number of nitrogens with zero attached hydrogens (tertiary/aromatic N) is 1. The van der Waals surface area contributed by atoms with Crippen LogP contribution in [0.25, 0.3) is 10.2 Å². The van der Waals surface area contributed by atoms with Gasteiger partial charge in [-0.2, -0.15) is 0 Å². The predicted octanol–water partition coefficient (Wildman–Crippen LogP) is 2.64. The summed E-state index contributed by atoms with van der Waals surface area (Å²) < 4.78 is 1.78. The smallest absolute Gasteiger partial charge is 0.130 e. The van der Waals surface area contributed by atoms with Crippen LogP contribution in [0.2, 0.25) is 0 Å². The van der Waals surface area contributed by atoms with Crippen molar-refractivity contribution in [3.8, 4) is 0 Å². The van der Waals surface area contributed by atoms with Gasteiger partial charge in [0.1, 0.15) is 4.32 Å². The molecule has 1 aromatic heterocycles. The number of thiazole rings is 1. The van der Waals surface area contributed by atoms with Crippen molar-refractivity contribution in [3.05, 3.63) is 29.3 Å². The molecule has 5 heteroatoms. The topological polar surface area (TPSA) is 24.9 Å². The fraction of sp³-hybridized carbons (Fsp3) is 0.200. The second-order valence-corrected chi connectivity index (χ2v) is 5.33. The highest BCUT2D eigenvalue weighted by atomic mass is 32.1. The lowest BCUT2D eigenvalue weighted by Gasteiger charge is -1.99. The van der Waals surface area contributed by atoms with Crippen molar-refractivity contribution in [2.24, 2.45) is 0 Å². The molecule has 0 saturated carbocycles. The van der Waals surface area contributed by atoms with E-state index in [2.05, 4.69) is 29.0 Å². The van der Waals surface area contributed by atoms with Gasteiger partial charge >= 0.3 is 0 Å². The first-order valence-corrected chi connectivity index (χ1v) is 6.24. The third-order valence-corrected chi connectivity index (χ3v) is 3.35. The van der Waals surface area contributed by atoms with Gasteiger partial charge in [0.05, 0.1) is 15.2 Å². The lowest BCUT2D eigenvalue weighted by molar-refractivity contribution is 0.877. The predicted molar refractivity (Wildman–Crippen MR) is 72.9 cm³/mol. The van der Waals surface area contributed by atoms with Gasteiger partial charge in [-0.1, -0.05) is 24.4 Å². The van der Waals surface area contributed by atoms with E-state index in [1.165, 1.54) is 4.70 Å². The highest BCUT2D eigenvalue weighted by molar-refractivity contribution is 8.11. The zero-order chi connectivity index (χ0) is 10.7. The Bertz CT molecular complexity index is 445. The Morgan fingerprint density at radius 2 is 2.27 bits per heavy atom. The van der Waals surface area contributed by atoms with E-state index in [-0.39, 0.29) is 0 Å². The van der Waals surface area contributed by atoms with Crippen LogP contribution in [-0.4, -0.2) is 15.8 Å². The molecule has 0 atom stereocenters. The molecule has 0 radical (unpaired) electrons. The molecule has 0 aliphatic rings. The van der Waals surface area contributed by atoms with Crippen LogP contribution in [0.4, 0.5) is 0 Å². The molecule has 2 nitrogen and oxygen atoms in total. The Morgan fingerprint density at radius 1 is 1.47 bits per heavy atom. The summed E-state index contributed by atoms with van der Waals surface area (Å²) in [6, 6.07) is 8.16. The third kappa shape index (κ3) is 2.90. The molecule has 0 bridgehead atoms. The number of thiol groups is 1. The molecule has 2 rings (SSSR count). The minimum absolute atomic E-state index is 0.538. The molecule has 2 aromatic rings. The van der Waals surface area contributed by atoms with Crippen LogP contribution in [0.3, 0.4) is 0 Å². The lowest BCUT2D eigenvalue weighted by atomic mass is 10.3. The van der Waals surface area contributed by atoms with Crippen molar-refractivity contribution in [1.29, 1.82) is 0 Å². The number of nitrogens with one attached hydrogen (secondary N) is 1. The summed E-state index contributed by atoms with van der Waals surface area (Å²) in [5.74, 6) is 0. The number of rotatable bonds is 3. The van der Waals surface area contributed by atoms with Crippen LogP contribution in [0.5, 0.6) is 0 Å². The first kappa shape index (κ1) is 10.9. The van der Waals surface area contributed by atoms with E-state index in [1.807, 2.05) is 18.2 Å². The first-order valence-electron chi connectivity index (χ1n) is 4.57. The second-order valence-electron chi connectivity index (χ2n) is 3.06. The van der Waals surface area contributed by atoms with Crippen molar-refractivity contribution in [3.63, 3.8) is 0 Å². The maximum Gasteiger partial charge on any atom is 0.130 e. The van der Waals surface area contributed by atoms with Crippen LogP contribution < -0.4 is 5.32 Å². The fourth-order valence-electron chi connectivity index (χ4n) is 1.30. The normalized spacial score (nSPS) is 10.5. The van der Waals surface area contributed by atoms with E-state index in [1.54, 1.807) is 11.3 Å². The maximum atomic E-state index is 4.81. The molecule has 0 amide bonds. The van der Waals surface area contributed by atoms with Crippen molar-refractivity contribution >= 4 is 50.7 Å². The monoisotopic (exact) mass is 254 g/mol. The highest BCUT2D eigenvalue weighted by Gasteiger charge is 2.02. The molecule has 0 spiro atoms. The number of hydrogen-bond donors (Lipinski definition) is 2. The zero-order valence-electron chi connectivity index (χ0n) is 7.93. The standard InChI is InChI=1S/C10H10N2S3/c13-10(14)11-6-5-9-12-7-3-1-2-4-8(7)15-9/h1-4H,5-6H2,(H2,11,13,14). The number of para-hydroxylation sites is 1. The Hall–Kier alpha value is -0.650. The van der Waals surface area contributed by atoms with Crippen LogP contribution in [0.15, 0.2) is 24.3 Å². The van der Waals surface area contributed by atoms with Gasteiger partial charge in [-0.25, -0.2) is 4.98 Å². The van der Waals surface area contributed by atoms with Gasteiger partial charge in [0.2, 0.25) is 0 Å². The fourth-order valence-corrected chi connectivity index (χ4v) is 2.48. The molecule has 15 heavy (non-hydrogen) atoms. The Balaban J connectivity index is 2.05. The molecule has 1 N–H and O–H groups in total.